The molecule has 5 rings (SSSR count). The van der Waals surface area contributed by atoms with Crippen molar-refractivity contribution in [1.82, 2.24) is 9.88 Å². The minimum absolute atomic E-state index is 0.0282. The summed E-state index contributed by atoms with van der Waals surface area (Å²) < 4.78 is 47.6. The van der Waals surface area contributed by atoms with Gasteiger partial charge in [-0.2, -0.15) is 0 Å². The van der Waals surface area contributed by atoms with E-state index in [4.69, 9.17) is 4.42 Å². The Morgan fingerprint density at radius 3 is 2.66 bits per heavy atom. The van der Waals surface area contributed by atoms with Crippen LogP contribution < -0.4 is 5.76 Å². The standard InChI is InChI=1S/C23H18F3N3O3/c1-2-23(25,26)11-29-19(12-6-8-13(24)9-7-12)17-15(21(29)30)10-27-18(17)14-4-3-5-16-20(14)32-22(31)28-16/h3-9,19H,2,10-11H2,1H3,(H,28,31). The predicted octanol–water partition coefficient (Wildman–Crippen LogP) is 3.99. The number of amides is 1. The monoisotopic (exact) mass is 441 g/mol. The second kappa shape index (κ2) is 7.22. The highest BCUT2D eigenvalue weighted by molar-refractivity contribution is 6.25. The van der Waals surface area contributed by atoms with Crippen LogP contribution in [0.15, 0.2) is 67.8 Å². The lowest BCUT2D eigenvalue weighted by atomic mass is 9.91. The molecule has 1 N–H and O–H groups in total. The molecular formula is C23H18F3N3O3. The van der Waals surface area contributed by atoms with Crippen molar-refractivity contribution in [3.8, 4) is 0 Å². The van der Waals surface area contributed by atoms with Crippen LogP contribution in [0.4, 0.5) is 13.2 Å². The predicted molar refractivity (Wildman–Crippen MR) is 111 cm³/mol. The van der Waals surface area contributed by atoms with Crippen LogP contribution >= 0.6 is 0 Å². The Bertz CT molecular complexity index is 1350. The summed E-state index contributed by atoms with van der Waals surface area (Å²) in [7, 11) is 0. The molecule has 9 heteroatoms. The van der Waals surface area contributed by atoms with E-state index in [9.17, 15) is 22.8 Å². The van der Waals surface area contributed by atoms with E-state index < -0.39 is 42.4 Å². The van der Waals surface area contributed by atoms with Crippen LogP contribution in [0.25, 0.3) is 11.1 Å². The Morgan fingerprint density at radius 2 is 1.94 bits per heavy atom. The Morgan fingerprint density at radius 1 is 1.19 bits per heavy atom. The molecule has 0 aliphatic carbocycles. The van der Waals surface area contributed by atoms with Gasteiger partial charge in [-0.15, -0.1) is 0 Å². The Balaban J connectivity index is 1.66. The summed E-state index contributed by atoms with van der Waals surface area (Å²) in [5.74, 6) is -4.72. The molecule has 0 radical (unpaired) electrons. The number of halogens is 3. The maximum Gasteiger partial charge on any atom is 0.417 e. The molecule has 0 saturated heterocycles. The lowest BCUT2D eigenvalue weighted by molar-refractivity contribution is -0.133. The number of H-pyrrole nitrogens is 1. The van der Waals surface area contributed by atoms with Crippen LogP contribution in [0.1, 0.15) is 30.5 Å². The molecule has 2 aliphatic heterocycles. The molecule has 2 aromatic carbocycles. The van der Waals surface area contributed by atoms with Crippen molar-refractivity contribution >= 4 is 22.7 Å². The molecule has 2 aliphatic rings. The minimum Gasteiger partial charge on any atom is -0.407 e. The number of aromatic nitrogens is 1. The van der Waals surface area contributed by atoms with Crippen LogP contribution in [-0.2, 0) is 4.79 Å². The molecule has 0 saturated carbocycles. The molecule has 1 unspecified atom stereocenters. The first-order valence-corrected chi connectivity index (χ1v) is 10.1. The second-order valence-electron chi connectivity index (χ2n) is 7.85. The third kappa shape index (κ3) is 3.16. The molecule has 0 bridgehead atoms. The van der Waals surface area contributed by atoms with Crippen molar-refractivity contribution in [2.45, 2.75) is 25.3 Å². The van der Waals surface area contributed by atoms with Crippen molar-refractivity contribution in [1.29, 1.82) is 0 Å². The van der Waals surface area contributed by atoms with Crippen molar-refractivity contribution < 1.29 is 22.4 Å². The number of rotatable bonds is 5. The fourth-order valence-corrected chi connectivity index (χ4v) is 4.30. The van der Waals surface area contributed by atoms with Crippen LogP contribution in [-0.4, -0.2) is 40.5 Å². The van der Waals surface area contributed by atoms with Gasteiger partial charge in [0.1, 0.15) is 5.82 Å². The molecule has 1 aromatic heterocycles. The number of carbonyl (C=O) groups is 1. The van der Waals surface area contributed by atoms with E-state index in [-0.39, 0.29) is 12.1 Å². The normalized spacial score (nSPS) is 18.6. The van der Waals surface area contributed by atoms with Crippen molar-refractivity contribution in [3.63, 3.8) is 0 Å². The third-order valence-corrected chi connectivity index (χ3v) is 5.89. The molecule has 6 nitrogen and oxygen atoms in total. The Kier molecular flexibility index (Phi) is 4.58. The third-order valence-electron chi connectivity index (χ3n) is 5.89. The molecule has 0 spiro atoms. The molecule has 0 fully saturated rings. The number of nitrogens with zero attached hydrogens (tertiary/aromatic N) is 2. The smallest absolute Gasteiger partial charge is 0.407 e. The summed E-state index contributed by atoms with van der Waals surface area (Å²) in [6.07, 6.45) is -0.424. The van der Waals surface area contributed by atoms with Gasteiger partial charge in [0.25, 0.3) is 11.8 Å². The summed E-state index contributed by atoms with van der Waals surface area (Å²) in [6, 6.07) is 9.62. The number of para-hydroxylation sites is 1. The van der Waals surface area contributed by atoms with Crippen molar-refractivity contribution in [3.05, 3.63) is 81.1 Å². The zero-order chi connectivity index (χ0) is 22.6. The van der Waals surface area contributed by atoms with E-state index >= 15 is 0 Å². The first-order chi connectivity index (χ1) is 15.3. The lowest BCUT2D eigenvalue weighted by Gasteiger charge is -2.31. The molecule has 32 heavy (non-hydrogen) atoms. The van der Waals surface area contributed by atoms with Crippen LogP contribution in [0.5, 0.6) is 0 Å². The Labute approximate surface area is 180 Å². The first-order valence-electron chi connectivity index (χ1n) is 10.1. The number of aromatic amines is 1. The maximum atomic E-state index is 14.4. The number of hydrogen-bond acceptors (Lipinski definition) is 4. The van der Waals surface area contributed by atoms with E-state index in [1.165, 1.54) is 31.2 Å². The zero-order valence-electron chi connectivity index (χ0n) is 17.0. The first kappa shape index (κ1) is 20.3. The van der Waals surface area contributed by atoms with E-state index in [2.05, 4.69) is 9.98 Å². The van der Waals surface area contributed by atoms with E-state index in [1.807, 2.05) is 0 Å². The topological polar surface area (TPSA) is 78.7 Å². The minimum atomic E-state index is -3.08. The van der Waals surface area contributed by atoms with Crippen LogP contribution in [0.2, 0.25) is 0 Å². The molecule has 164 valence electrons. The number of nitrogens with one attached hydrogen (secondary N) is 1. The number of fused-ring (bicyclic) bond motifs is 1. The highest BCUT2D eigenvalue weighted by Crippen LogP contribution is 2.44. The summed E-state index contributed by atoms with van der Waals surface area (Å²) in [4.78, 5) is 33.1. The maximum absolute atomic E-state index is 14.4. The largest absolute Gasteiger partial charge is 0.417 e. The highest BCUT2D eigenvalue weighted by atomic mass is 19.3. The van der Waals surface area contributed by atoms with E-state index in [1.54, 1.807) is 18.2 Å². The van der Waals surface area contributed by atoms with E-state index in [0.717, 1.165) is 4.90 Å². The fourth-order valence-electron chi connectivity index (χ4n) is 4.30. The average Bonchev–Trinajstić information content (AvgIpc) is 3.43. The van der Waals surface area contributed by atoms with Gasteiger partial charge < -0.3 is 9.32 Å². The number of aliphatic imine (C=N–C) groups is 1. The van der Waals surface area contributed by atoms with Crippen LogP contribution in [0, 0.1) is 5.82 Å². The van der Waals surface area contributed by atoms with Gasteiger partial charge in [-0.1, -0.05) is 25.1 Å². The zero-order valence-corrected chi connectivity index (χ0v) is 17.0. The van der Waals surface area contributed by atoms with E-state index in [0.29, 0.717) is 33.5 Å². The summed E-state index contributed by atoms with van der Waals surface area (Å²) in [5, 5.41) is 0. The van der Waals surface area contributed by atoms with Gasteiger partial charge in [-0.05, 0) is 29.8 Å². The SMILES string of the molecule is CCC(F)(F)CN1C(=O)C2=C(C(c3cccc4[nH]c(=O)oc34)=NC2)C1c1ccc(F)cc1. The Hall–Kier alpha value is -3.62. The van der Waals surface area contributed by atoms with Gasteiger partial charge in [0, 0.05) is 23.1 Å². The van der Waals surface area contributed by atoms with Gasteiger partial charge in [0.05, 0.1) is 30.4 Å². The van der Waals surface area contributed by atoms with Crippen LogP contribution in [0.3, 0.4) is 0 Å². The molecular weight excluding hydrogens is 423 g/mol. The lowest BCUT2D eigenvalue weighted by Crippen LogP contribution is -2.41. The number of carbonyl (C=O) groups excluding carboxylic acids is 1. The quantitative estimate of drug-likeness (QED) is 0.650. The fraction of sp³-hybridized carbons (Fsp3) is 0.261. The summed E-state index contributed by atoms with van der Waals surface area (Å²) >= 11 is 0. The molecule has 1 amide bonds. The van der Waals surface area contributed by atoms with Gasteiger partial charge in [-0.25, -0.2) is 18.0 Å². The average molecular weight is 441 g/mol. The number of hydrogen-bond donors (Lipinski definition) is 1. The summed E-state index contributed by atoms with van der Waals surface area (Å²) in [6.45, 7) is 0.616. The van der Waals surface area contributed by atoms with Gasteiger partial charge in [0.2, 0.25) is 0 Å². The number of oxazole rings is 1. The second-order valence-corrected chi connectivity index (χ2v) is 7.85. The van der Waals surface area contributed by atoms with Gasteiger partial charge in [-0.3, -0.25) is 14.8 Å². The van der Waals surface area contributed by atoms with Gasteiger partial charge >= 0.3 is 5.76 Å². The molecule has 3 aromatic rings. The van der Waals surface area contributed by atoms with Crippen molar-refractivity contribution in [2.75, 3.05) is 13.1 Å². The van der Waals surface area contributed by atoms with Gasteiger partial charge in [0.15, 0.2) is 5.58 Å². The number of alkyl halides is 2. The number of benzene rings is 2. The summed E-state index contributed by atoms with van der Waals surface area (Å²) in [5.41, 5.74) is 2.90. The van der Waals surface area contributed by atoms with Crippen molar-refractivity contribution in [2.24, 2.45) is 4.99 Å². The molecule has 3 heterocycles. The molecule has 1 atom stereocenters. The highest BCUT2D eigenvalue weighted by Gasteiger charge is 2.47.